The van der Waals surface area contributed by atoms with E-state index in [4.69, 9.17) is 0 Å². The van der Waals surface area contributed by atoms with Crippen LogP contribution in [0.4, 0.5) is 0 Å². The highest BCUT2D eigenvalue weighted by molar-refractivity contribution is 4.99. The largest absolute Gasteiger partial charge is 0.316 e. The van der Waals surface area contributed by atoms with E-state index >= 15 is 0 Å². The van der Waals surface area contributed by atoms with E-state index in [1.165, 1.54) is 71.0 Å². The van der Waals surface area contributed by atoms with Gasteiger partial charge in [0.1, 0.15) is 0 Å². The zero-order valence-electron chi connectivity index (χ0n) is 14.9. The summed E-state index contributed by atoms with van der Waals surface area (Å²) in [5.41, 5.74) is 0.989. The molecule has 0 saturated heterocycles. The van der Waals surface area contributed by atoms with E-state index in [-0.39, 0.29) is 0 Å². The Labute approximate surface area is 132 Å². The standard InChI is InChI=1S/C18H37N3/c1-5-19-14-17(10-7-6-8-11-17)15-21(4)16-18(20(2)3)12-9-13-18/h19H,5-16H2,1-4H3. The third kappa shape index (κ3) is 4.20. The van der Waals surface area contributed by atoms with Gasteiger partial charge in [0.05, 0.1) is 0 Å². The van der Waals surface area contributed by atoms with Crippen LogP contribution in [0.1, 0.15) is 58.3 Å². The summed E-state index contributed by atoms with van der Waals surface area (Å²) in [7, 11) is 6.88. The van der Waals surface area contributed by atoms with E-state index in [1.807, 2.05) is 0 Å². The fraction of sp³-hybridized carbons (Fsp3) is 1.00. The van der Waals surface area contributed by atoms with Crippen LogP contribution in [0.15, 0.2) is 0 Å². The number of rotatable bonds is 8. The van der Waals surface area contributed by atoms with Gasteiger partial charge < -0.3 is 15.1 Å². The Morgan fingerprint density at radius 2 is 1.52 bits per heavy atom. The van der Waals surface area contributed by atoms with Gasteiger partial charge in [0.2, 0.25) is 0 Å². The molecule has 0 aromatic heterocycles. The normalized spacial score (nSPS) is 24.3. The van der Waals surface area contributed by atoms with Crippen molar-refractivity contribution >= 4 is 0 Å². The lowest BCUT2D eigenvalue weighted by molar-refractivity contribution is 0.0102. The van der Waals surface area contributed by atoms with Gasteiger partial charge in [-0.05, 0) is 65.2 Å². The van der Waals surface area contributed by atoms with E-state index in [9.17, 15) is 0 Å². The Morgan fingerprint density at radius 3 is 2.00 bits per heavy atom. The smallest absolute Gasteiger partial charge is 0.0330 e. The van der Waals surface area contributed by atoms with E-state index in [2.05, 4.69) is 43.2 Å². The second-order valence-electron chi connectivity index (χ2n) is 7.99. The first-order valence-corrected chi connectivity index (χ1v) is 9.09. The van der Waals surface area contributed by atoms with Crippen LogP contribution in [-0.2, 0) is 0 Å². The minimum Gasteiger partial charge on any atom is -0.316 e. The summed E-state index contributed by atoms with van der Waals surface area (Å²) in [6.07, 6.45) is 11.3. The van der Waals surface area contributed by atoms with Crippen LogP contribution in [0.2, 0.25) is 0 Å². The second kappa shape index (κ2) is 7.43. The number of nitrogens with zero attached hydrogens (tertiary/aromatic N) is 2. The molecule has 0 bridgehead atoms. The number of hydrogen-bond acceptors (Lipinski definition) is 3. The number of hydrogen-bond donors (Lipinski definition) is 1. The lowest BCUT2D eigenvalue weighted by atomic mass is 9.72. The third-order valence-corrected chi connectivity index (χ3v) is 6.07. The molecule has 3 nitrogen and oxygen atoms in total. The lowest BCUT2D eigenvalue weighted by Gasteiger charge is -2.51. The van der Waals surface area contributed by atoms with Gasteiger partial charge in [-0.25, -0.2) is 0 Å². The highest BCUT2D eigenvalue weighted by Crippen LogP contribution is 2.39. The van der Waals surface area contributed by atoms with Gasteiger partial charge in [0, 0.05) is 25.2 Å². The van der Waals surface area contributed by atoms with Gasteiger partial charge in [-0.2, -0.15) is 0 Å². The summed E-state index contributed by atoms with van der Waals surface area (Å²) in [6, 6.07) is 0. The van der Waals surface area contributed by atoms with Crippen molar-refractivity contribution in [2.45, 2.75) is 63.8 Å². The predicted molar refractivity (Wildman–Crippen MR) is 91.8 cm³/mol. The van der Waals surface area contributed by atoms with Crippen LogP contribution in [0, 0.1) is 5.41 Å². The molecule has 0 unspecified atom stereocenters. The van der Waals surface area contributed by atoms with Crippen molar-refractivity contribution in [1.82, 2.24) is 15.1 Å². The molecule has 2 aliphatic rings. The summed E-state index contributed by atoms with van der Waals surface area (Å²) in [6.45, 7) is 7.06. The first-order chi connectivity index (χ1) is 10.0. The van der Waals surface area contributed by atoms with Crippen LogP contribution in [-0.4, -0.2) is 62.7 Å². The maximum atomic E-state index is 3.64. The van der Waals surface area contributed by atoms with Crippen LogP contribution >= 0.6 is 0 Å². The van der Waals surface area contributed by atoms with Crippen LogP contribution in [0.5, 0.6) is 0 Å². The van der Waals surface area contributed by atoms with E-state index in [0.29, 0.717) is 11.0 Å². The SMILES string of the molecule is CCNCC1(CN(C)CC2(N(C)C)CCC2)CCCCC1. The minimum absolute atomic E-state index is 0.461. The van der Waals surface area contributed by atoms with Gasteiger partial charge >= 0.3 is 0 Å². The van der Waals surface area contributed by atoms with Gasteiger partial charge in [0.25, 0.3) is 0 Å². The highest BCUT2D eigenvalue weighted by atomic mass is 15.2. The third-order valence-electron chi connectivity index (χ3n) is 6.07. The molecule has 2 saturated carbocycles. The zero-order chi connectivity index (χ0) is 15.3. The Hall–Kier alpha value is -0.120. The van der Waals surface area contributed by atoms with Gasteiger partial charge in [-0.3, -0.25) is 0 Å². The fourth-order valence-corrected chi connectivity index (χ4v) is 4.55. The Balaban J connectivity index is 1.92. The maximum Gasteiger partial charge on any atom is 0.0330 e. The van der Waals surface area contributed by atoms with Gasteiger partial charge in [0.15, 0.2) is 0 Å². The van der Waals surface area contributed by atoms with Crippen LogP contribution < -0.4 is 5.32 Å². The summed E-state index contributed by atoms with van der Waals surface area (Å²) in [5.74, 6) is 0. The minimum atomic E-state index is 0.461. The average molecular weight is 296 g/mol. The first kappa shape index (κ1) is 17.2. The molecule has 3 heteroatoms. The molecule has 0 aliphatic heterocycles. The highest BCUT2D eigenvalue weighted by Gasteiger charge is 2.41. The quantitative estimate of drug-likeness (QED) is 0.743. The van der Waals surface area contributed by atoms with Crippen LogP contribution in [0.25, 0.3) is 0 Å². The van der Waals surface area contributed by atoms with Crippen LogP contribution in [0.3, 0.4) is 0 Å². The van der Waals surface area contributed by atoms with E-state index in [0.717, 1.165) is 6.54 Å². The lowest BCUT2D eigenvalue weighted by Crippen LogP contribution is -2.58. The van der Waals surface area contributed by atoms with E-state index < -0.39 is 0 Å². The van der Waals surface area contributed by atoms with Crippen molar-refractivity contribution in [3.63, 3.8) is 0 Å². The molecule has 0 spiro atoms. The molecular weight excluding hydrogens is 258 g/mol. The van der Waals surface area contributed by atoms with Gasteiger partial charge in [-0.15, -0.1) is 0 Å². The first-order valence-electron chi connectivity index (χ1n) is 9.09. The maximum absolute atomic E-state index is 3.64. The van der Waals surface area contributed by atoms with E-state index in [1.54, 1.807) is 0 Å². The Morgan fingerprint density at radius 1 is 0.857 bits per heavy atom. The molecule has 2 rings (SSSR count). The molecule has 0 heterocycles. The summed E-state index contributed by atoms with van der Waals surface area (Å²) >= 11 is 0. The Bertz CT molecular complexity index is 304. The molecule has 124 valence electrons. The van der Waals surface area contributed by atoms with Crippen molar-refractivity contribution in [3.05, 3.63) is 0 Å². The molecule has 21 heavy (non-hydrogen) atoms. The van der Waals surface area contributed by atoms with Crippen molar-refractivity contribution < 1.29 is 0 Å². The van der Waals surface area contributed by atoms with Gasteiger partial charge in [-0.1, -0.05) is 26.2 Å². The molecule has 0 amide bonds. The second-order valence-corrected chi connectivity index (χ2v) is 7.99. The summed E-state index contributed by atoms with van der Waals surface area (Å²) in [4.78, 5) is 5.12. The number of likely N-dealkylation sites (N-methyl/N-ethyl adjacent to an activating group) is 2. The van der Waals surface area contributed by atoms with Crippen molar-refractivity contribution in [1.29, 1.82) is 0 Å². The molecule has 0 radical (unpaired) electrons. The van der Waals surface area contributed by atoms with Crippen molar-refractivity contribution in [2.24, 2.45) is 5.41 Å². The van der Waals surface area contributed by atoms with Crippen molar-refractivity contribution in [3.8, 4) is 0 Å². The number of nitrogens with one attached hydrogen (secondary N) is 1. The average Bonchev–Trinajstić information content (AvgIpc) is 2.41. The molecule has 1 N–H and O–H groups in total. The zero-order valence-corrected chi connectivity index (χ0v) is 14.9. The monoisotopic (exact) mass is 295 g/mol. The molecule has 0 atom stereocenters. The molecule has 2 aliphatic carbocycles. The molecule has 0 aromatic rings. The molecular formula is C18H37N3. The predicted octanol–water partition coefficient (Wildman–Crippen LogP) is 2.96. The summed E-state index contributed by atoms with van der Waals surface area (Å²) in [5, 5.41) is 3.64. The topological polar surface area (TPSA) is 18.5 Å². The Kier molecular flexibility index (Phi) is 6.10. The van der Waals surface area contributed by atoms with Crippen molar-refractivity contribution in [2.75, 3.05) is 47.3 Å². The fourth-order valence-electron chi connectivity index (χ4n) is 4.55. The summed E-state index contributed by atoms with van der Waals surface area (Å²) < 4.78 is 0. The molecule has 0 aromatic carbocycles. The molecule has 2 fully saturated rings.